The Balaban J connectivity index is 2.16. The van der Waals surface area contributed by atoms with Crippen molar-refractivity contribution >= 4 is 0 Å². The molecule has 5 atom stereocenters. The molecular weight excluding hydrogens is 232 g/mol. The van der Waals surface area contributed by atoms with Crippen molar-refractivity contribution in [1.82, 2.24) is 0 Å². The summed E-state index contributed by atoms with van der Waals surface area (Å²) in [5.41, 5.74) is 1.91. The minimum Gasteiger partial charge on any atom is -0.377 e. The average molecular weight is 264 g/mol. The van der Waals surface area contributed by atoms with Crippen molar-refractivity contribution in [3.8, 4) is 0 Å². The third-order valence-corrected chi connectivity index (χ3v) is 6.06. The Labute approximate surface area is 119 Å². The second-order valence-corrected chi connectivity index (χ2v) is 6.93. The van der Waals surface area contributed by atoms with Gasteiger partial charge in [0.05, 0.1) is 12.7 Å². The fraction of sp³-hybridized carbons (Fsp3) is 0.889. The molecule has 1 aliphatic heterocycles. The van der Waals surface area contributed by atoms with E-state index in [0.717, 1.165) is 18.4 Å². The van der Waals surface area contributed by atoms with Gasteiger partial charge in [0.15, 0.2) is 0 Å². The Morgan fingerprint density at radius 1 is 1.26 bits per heavy atom. The van der Waals surface area contributed by atoms with E-state index >= 15 is 0 Å². The molecule has 0 N–H and O–H groups in total. The quantitative estimate of drug-likeness (QED) is 0.489. The van der Waals surface area contributed by atoms with Crippen molar-refractivity contribution in [2.45, 2.75) is 72.8 Å². The molecule has 110 valence electrons. The lowest BCUT2D eigenvalue weighted by molar-refractivity contribution is -0.142. The predicted molar refractivity (Wildman–Crippen MR) is 82.2 cm³/mol. The Hall–Kier alpha value is -0.300. The molecule has 0 aromatic heterocycles. The van der Waals surface area contributed by atoms with Crippen molar-refractivity contribution in [3.05, 3.63) is 11.6 Å². The zero-order chi connectivity index (χ0) is 14.0. The van der Waals surface area contributed by atoms with Gasteiger partial charge in [-0.1, -0.05) is 58.6 Å². The van der Waals surface area contributed by atoms with Gasteiger partial charge in [-0.25, -0.2) is 0 Å². The lowest BCUT2D eigenvalue weighted by Crippen LogP contribution is -2.53. The fourth-order valence-corrected chi connectivity index (χ4v) is 4.70. The minimum absolute atomic E-state index is 0.332. The van der Waals surface area contributed by atoms with E-state index < -0.39 is 0 Å². The maximum absolute atomic E-state index is 6.36. The molecule has 1 heterocycles. The van der Waals surface area contributed by atoms with Crippen molar-refractivity contribution < 1.29 is 4.74 Å². The summed E-state index contributed by atoms with van der Waals surface area (Å²) in [6.45, 7) is 12.8. The van der Waals surface area contributed by atoms with Crippen LogP contribution in [0.5, 0.6) is 0 Å². The number of hydrogen-bond donors (Lipinski definition) is 0. The van der Waals surface area contributed by atoms with Crippen LogP contribution in [0, 0.1) is 23.2 Å². The van der Waals surface area contributed by atoms with Crippen LogP contribution < -0.4 is 0 Å². The van der Waals surface area contributed by atoms with Crippen molar-refractivity contribution in [2.75, 3.05) is 6.61 Å². The van der Waals surface area contributed by atoms with Gasteiger partial charge < -0.3 is 4.74 Å². The maximum atomic E-state index is 6.36. The summed E-state index contributed by atoms with van der Waals surface area (Å²) in [6, 6.07) is 0. The maximum Gasteiger partial charge on any atom is 0.0612 e. The van der Waals surface area contributed by atoms with Gasteiger partial charge in [-0.05, 0) is 37.5 Å². The van der Waals surface area contributed by atoms with Gasteiger partial charge in [-0.15, -0.1) is 0 Å². The smallest absolute Gasteiger partial charge is 0.0612 e. The molecule has 2 rings (SSSR count). The molecule has 5 unspecified atom stereocenters. The summed E-state index contributed by atoms with van der Waals surface area (Å²) in [5, 5.41) is 0. The lowest BCUT2D eigenvalue weighted by Gasteiger charge is -2.55. The number of rotatable bonds is 5. The van der Waals surface area contributed by atoms with Crippen molar-refractivity contribution in [1.29, 1.82) is 0 Å². The highest BCUT2D eigenvalue weighted by Crippen LogP contribution is 2.54. The van der Waals surface area contributed by atoms with E-state index in [-0.39, 0.29) is 0 Å². The van der Waals surface area contributed by atoms with Gasteiger partial charge in [0.1, 0.15) is 0 Å². The zero-order valence-corrected chi connectivity index (χ0v) is 13.5. The zero-order valence-electron chi connectivity index (χ0n) is 13.5. The van der Waals surface area contributed by atoms with E-state index in [1.807, 2.05) is 0 Å². The number of ether oxygens (including phenoxy) is 1. The molecule has 2 bridgehead atoms. The highest BCUT2D eigenvalue weighted by Gasteiger charge is 2.51. The molecule has 0 amide bonds. The normalized spacial score (nSPS) is 42.1. The van der Waals surface area contributed by atoms with E-state index in [2.05, 4.69) is 40.7 Å². The van der Waals surface area contributed by atoms with Crippen LogP contribution in [0.3, 0.4) is 0 Å². The third-order valence-electron chi connectivity index (χ3n) is 6.06. The van der Waals surface area contributed by atoms with Gasteiger partial charge in [-0.3, -0.25) is 0 Å². The number of fused-ring (bicyclic) bond motifs is 2. The Kier molecular flexibility index (Phi) is 4.76. The summed E-state index contributed by atoms with van der Waals surface area (Å²) in [6.07, 6.45) is 9.52. The highest BCUT2D eigenvalue weighted by atomic mass is 16.5. The van der Waals surface area contributed by atoms with E-state index in [4.69, 9.17) is 4.74 Å². The van der Waals surface area contributed by atoms with Gasteiger partial charge in [0.25, 0.3) is 0 Å². The standard InChI is InChI=1S/C18H32O/c1-6-8-9-10-16-17-13(3)11-14(4)18(7-2,12-19-16)15(17)5/h11,13,15-17H,6-10,12H2,1-5H3. The van der Waals surface area contributed by atoms with E-state index in [0.29, 0.717) is 17.4 Å². The molecule has 0 aromatic carbocycles. The summed E-state index contributed by atoms with van der Waals surface area (Å²) < 4.78 is 6.36. The molecule has 0 spiro atoms. The van der Waals surface area contributed by atoms with E-state index in [1.165, 1.54) is 32.1 Å². The van der Waals surface area contributed by atoms with Crippen LogP contribution in [0.2, 0.25) is 0 Å². The summed E-state index contributed by atoms with van der Waals surface area (Å²) in [7, 11) is 0. The molecule has 0 radical (unpaired) electrons. The van der Waals surface area contributed by atoms with Crippen LogP contribution in [-0.4, -0.2) is 12.7 Å². The largest absolute Gasteiger partial charge is 0.377 e. The second-order valence-electron chi connectivity index (χ2n) is 6.93. The van der Waals surface area contributed by atoms with Gasteiger partial charge >= 0.3 is 0 Å². The Bertz CT molecular complexity index is 333. The topological polar surface area (TPSA) is 9.23 Å². The summed E-state index contributed by atoms with van der Waals surface area (Å²) >= 11 is 0. The molecule has 19 heavy (non-hydrogen) atoms. The number of allylic oxidation sites excluding steroid dienone is 1. The van der Waals surface area contributed by atoms with Crippen LogP contribution in [-0.2, 0) is 4.74 Å². The summed E-state index contributed by atoms with van der Waals surface area (Å²) in [4.78, 5) is 0. The molecule has 1 aliphatic carbocycles. The molecule has 1 fully saturated rings. The molecular formula is C18H32O. The first-order valence-electron chi connectivity index (χ1n) is 8.37. The number of hydrogen-bond acceptors (Lipinski definition) is 1. The van der Waals surface area contributed by atoms with E-state index in [1.54, 1.807) is 5.57 Å². The predicted octanol–water partition coefficient (Wildman–Crippen LogP) is 5.21. The molecule has 1 heteroatoms. The van der Waals surface area contributed by atoms with Crippen LogP contribution in [0.25, 0.3) is 0 Å². The molecule has 2 aliphatic rings. The minimum atomic E-state index is 0.332. The second kappa shape index (κ2) is 5.99. The van der Waals surface area contributed by atoms with Crippen LogP contribution >= 0.6 is 0 Å². The lowest BCUT2D eigenvalue weighted by atomic mass is 9.55. The first kappa shape index (κ1) is 15.1. The number of unbranched alkanes of at least 4 members (excludes halogenated alkanes) is 2. The Morgan fingerprint density at radius 2 is 2.00 bits per heavy atom. The fourth-order valence-electron chi connectivity index (χ4n) is 4.70. The molecule has 1 nitrogen and oxygen atoms in total. The van der Waals surface area contributed by atoms with Crippen molar-refractivity contribution in [2.24, 2.45) is 23.2 Å². The molecule has 0 saturated carbocycles. The van der Waals surface area contributed by atoms with E-state index in [9.17, 15) is 0 Å². The van der Waals surface area contributed by atoms with Gasteiger partial charge in [0.2, 0.25) is 0 Å². The summed E-state index contributed by atoms with van der Waals surface area (Å²) in [5.74, 6) is 2.19. The first-order chi connectivity index (χ1) is 9.06. The third kappa shape index (κ3) is 2.51. The molecule has 1 saturated heterocycles. The van der Waals surface area contributed by atoms with Crippen molar-refractivity contribution in [3.63, 3.8) is 0 Å². The Morgan fingerprint density at radius 3 is 2.63 bits per heavy atom. The van der Waals surface area contributed by atoms with Crippen LogP contribution in [0.15, 0.2) is 11.6 Å². The van der Waals surface area contributed by atoms with Gasteiger partial charge in [0, 0.05) is 5.41 Å². The molecule has 0 aromatic rings. The average Bonchev–Trinajstić information content (AvgIpc) is 2.38. The van der Waals surface area contributed by atoms with Crippen LogP contribution in [0.1, 0.15) is 66.7 Å². The SMILES string of the molecule is CCCCCC1OCC2(CC)C(C)=CC(C)C1C2C. The van der Waals surface area contributed by atoms with Gasteiger partial charge in [-0.2, -0.15) is 0 Å². The highest BCUT2D eigenvalue weighted by molar-refractivity contribution is 5.22. The van der Waals surface area contributed by atoms with Crippen LogP contribution in [0.4, 0.5) is 0 Å². The first-order valence-corrected chi connectivity index (χ1v) is 8.37. The monoisotopic (exact) mass is 264 g/mol.